The first kappa shape index (κ1) is 26.7. The Morgan fingerprint density at radius 2 is 1.92 bits per heavy atom. The predicted molar refractivity (Wildman–Crippen MR) is 96.0 cm³/mol. The Morgan fingerprint density at radius 3 is 2.04 bits per heavy atom. The van der Waals surface area contributed by atoms with E-state index in [2.05, 4.69) is 31.1 Å². The van der Waals surface area contributed by atoms with Gasteiger partial charge in [-0.2, -0.15) is 5.26 Å². The number of rotatable bonds is 5. The van der Waals surface area contributed by atoms with Gasteiger partial charge < -0.3 is 14.7 Å². The molecule has 0 unspecified atom stereocenters. The highest BCUT2D eigenvalue weighted by Gasteiger charge is 2.15. The smallest absolute Gasteiger partial charge is 0.310 e. The van der Waals surface area contributed by atoms with Crippen LogP contribution in [-0.2, 0) is 19.1 Å². The zero-order chi connectivity index (χ0) is 20.1. The molecule has 7 heteroatoms. The quantitative estimate of drug-likeness (QED) is 0.353. The van der Waals surface area contributed by atoms with Gasteiger partial charge in [-0.15, -0.1) is 6.58 Å². The van der Waals surface area contributed by atoms with Crippen LogP contribution in [0.3, 0.4) is 0 Å². The van der Waals surface area contributed by atoms with Crippen molar-refractivity contribution < 1.29 is 24.2 Å². The van der Waals surface area contributed by atoms with Crippen LogP contribution in [0.2, 0.25) is 0 Å². The van der Waals surface area contributed by atoms with Gasteiger partial charge in [0.2, 0.25) is 5.91 Å². The van der Waals surface area contributed by atoms with E-state index in [1.807, 2.05) is 0 Å². The molecule has 1 amide bonds. The molecule has 1 fully saturated rings. The van der Waals surface area contributed by atoms with Crippen LogP contribution in [-0.4, -0.2) is 34.4 Å². The molecule has 1 aliphatic rings. The Kier molecular flexibility index (Phi) is 22.3. The summed E-state index contributed by atoms with van der Waals surface area (Å²) in [5.74, 6) is -0.861. The highest BCUT2D eigenvalue weighted by Crippen LogP contribution is 2.08. The van der Waals surface area contributed by atoms with Crippen molar-refractivity contribution in [2.45, 2.75) is 32.6 Å². The van der Waals surface area contributed by atoms with Gasteiger partial charge in [-0.05, 0) is 12.6 Å². The molecule has 0 atom stereocenters. The van der Waals surface area contributed by atoms with Crippen molar-refractivity contribution in [3.63, 3.8) is 0 Å². The summed E-state index contributed by atoms with van der Waals surface area (Å²) in [5, 5.41) is 15.3. The zero-order valence-electron chi connectivity index (χ0n) is 14.6. The molecule has 0 aliphatic carbocycles. The molecule has 7 nitrogen and oxygen atoms in total. The predicted octanol–water partition coefficient (Wildman–Crippen LogP) is 3.18. The molecule has 0 bridgehead atoms. The third-order valence-corrected chi connectivity index (χ3v) is 2.24. The van der Waals surface area contributed by atoms with E-state index < -0.39 is 5.97 Å². The average molecular weight is 350 g/mol. The van der Waals surface area contributed by atoms with E-state index in [-0.39, 0.29) is 18.3 Å². The number of hydrogen-bond donors (Lipinski definition) is 1. The standard InChI is InChI=1S/C6H9NO.C5H8O2.C4H6O2.C3H3N/c1-2-7-5-3-4-6(7)8;1-3-5(6)7-4-2;1-2-3-4(5)6;1-2-3-4/h2H,1,3-5H2;4H,2-3H2,1H3;2H,1,3H2,(H,5,6);2H,1H2. The summed E-state index contributed by atoms with van der Waals surface area (Å²) in [6.45, 7) is 15.6. The Hall–Kier alpha value is -3.14. The second-order valence-corrected chi connectivity index (χ2v) is 4.10. The average Bonchev–Trinajstić information content (AvgIpc) is 3.01. The first-order valence-corrected chi connectivity index (χ1v) is 7.40. The van der Waals surface area contributed by atoms with Crippen molar-refractivity contribution in [2.75, 3.05) is 6.54 Å². The molecular formula is C18H26N2O5. The lowest BCUT2D eigenvalue weighted by Crippen LogP contribution is -2.16. The van der Waals surface area contributed by atoms with E-state index in [4.69, 9.17) is 10.4 Å². The molecule has 0 spiro atoms. The number of carbonyl (C=O) groups excluding carboxylic acids is 2. The van der Waals surface area contributed by atoms with Gasteiger partial charge in [-0.1, -0.05) is 32.7 Å². The maximum Gasteiger partial charge on any atom is 0.310 e. The summed E-state index contributed by atoms with van der Waals surface area (Å²) in [5.41, 5.74) is 0. The van der Waals surface area contributed by atoms with E-state index >= 15 is 0 Å². The van der Waals surface area contributed by atoms with Gasteiger partial charge in [0.25, 0.3) is 0 Å². The lowest BCUT2D eigenvalue weighted by molar-refractivity contribution is -0.138. The molecule has 138 valence electrons. The first-order chi connectivity index (χ1) is 11.8. The van der Waals surface area contributed by atoms with Crippen molar-refractivity contribution in [1.29, 1.82) is 5.26 Å². The summed E-state index contributed by atoms with van der Waals surface area (Å²) in [4.78, 5) is 32.0. The van der Waals surface area contributed by atoms with Crippen molar-refractivity contribution in [1.82, 2.24) is 4.90 Å². The number of nitrogens with zero attached hydrogens (tertiary/aromatic N) is 2. The van der Waals surface area contributed by atoms with E-state index in [9.17, 15) is 14.4 Å². The van der Waals surface area contributed by atoms with Crippen LogP contribution < -0.4 is 0 Å². The number of carboxylic acids is 1. The minimum atomic E-state index is -0.829. The Balaban J connectivity index is -0.000000266. The van der Waals surface area contributed by atoms with Gasteiger partial charge in [0.15, 0.2) is 0 Å². The molecule has 1 saturated heterocycles. The number of ether oxygens (including phenoxy) is 1. The van der Waals surface area contributed by atoms with Crippen LogP contribution in [0.15, 0.2) is 50.9 Å². The monoisotopic (exact) mass is 350 g/mol. The second kappa shape index (κ2) is 20.9. The molecule has 0 radical (unpaired) electrons. The summed E-state index contributed by atoms with van der Waals surface area (Å²) in [6, 6.07) is 1.69. The summed E-state index contributed by atoms with van der Waals surface area (Å²) in [6.07, 6.45) is 7.41. The molecule has 1 heterocycles. The number of amides is 1. The van der Waals surface area contributed by atoms with Gasteiger partial charge in [-0.25, -0.2) is 0 Å². The topological polar surface area (TPSA) is 108 Å². The number of esters is 1. The van der Waals surface area contributed by atoms with Crippen molar-refractivity contribution >= 4 is 17.8 Å². The van der Waals surface area contributed by atoms with Crippen LogP contribution in [0.1, 0.15) is 32.6 Å². The van der Waals surface area contributed by atoms with Crippen molar-refractivity contribution in [3.8, 4) is 6.07 Å². The van der Waals surface area contributed by atoms with Gasteiger partial charge in [0, 0.05) is 25.5 Å². The number of aliphatic carboxylic acids is 1. The second-order valence-electron chi connectivity index (χ2n) is 4.10. The molecule has 1 rings (SSSR count). The number of carboxylic acid groups (broad SMARTS) is 1. The first-order valence-electron chi connectivity index (χ1n) is 7.40. The molecule has 0 aromatic rings. The summed E-state index contributed by atoms with van der Waals surface area (Å²) in [7, 11) is 0. The number of nitriles is 1. The molecule has 1 N–H and O–H groups in total. The summed E-state index contributed by atoms with van der Waals surface area (Å²) < 4.78 is 4.32. The van der Waals surface area contributed by atoms with E-state index in [1.54, 1.807) is 24.1 Å². The molecule has 1 aliphatic heterocycles. The maximum atomic E-state index is 10.7. The third-order valence-electron chi connectivity index (χ3n) is 2.24. The van der Waals surface area contributed by atoms with Crippen molar-refractivity contribution in [3.05, 3.63) is 50.9 Å². The minimum Gasteiger partial charge on any atom is -0.481 e. The largest absolute Gasteiger partial charge is 0.481 e. The minimum absolute atomic E-state index is 0.0556. The number of hydrogen-bond acceptors (Lipinski definition) is 5. The lowest BCUT2D eigenvalue weighted by atomic mass is 10.4. The highest BCUT2D eigenvalue weighted by atomic mass is 16.5. The Labute approximate surface area is 149 Å². The molecule has 0 aromatic carbocycles. The number of carbonyl (C=O) groups is 3. The fourth-order valence-electron chi connectivity index (χ4n) is 1.16. The van der Waals surface area contributed by atoms with E-state index in [1.165, 1.54) is 12.2 Å². The summed E-state index contributed by atoms with van der Waals surface area (Å²) >= 11 is 0. The SMILES string of the molecule is C=CC#N.C=CCC(=O)O.C=CN1CCCC1=O.C=COC(=O)CC. The van der Waals surface area contributed by atoms with Crippen LogP contribution in [0.4, 0.5) is 0 Å². The third kappa shape index (κ3) is 23.3. The fourth-order valence-corrected chi connectivity index (χ4v) is 1.16. The highest BCUT2D eigenvalue weighted by molar-refractivity contribution is 5.78. The maximum absolute atomic E-state index is 10.7. The molecule has 25 heavy (non-hydrogen) atoms. The fraction of sp³-hybridized carbons (Fsp3) is 0.333. The van der Waals surface area contributed by atoms with Crippen LogP contribution in [0.25, 0.3) is 0 Å². The van der Waals surface area contributed by atoms with E-state index in [0.717, 1.165) is 19.2 Å². The normalized spacial score (nSPS) is 10.7. The van der Waals surface area contributed by atoms with Crippen molar-refractivity contribution in [2.24, 2.45) is 0 Å². The van der Waals surface area contributed by atoms with Crippen LogP contribution in [0, 0.1) is 11.3 Å². The number of likely N-dealkylation sites (tertiary alicyclic amines) is 1. The van der Waals surface area contributed by atoms with Gasteiger partial charge in [0.1, 0.15) is 0 Å². The van der Waals surface area contributed by atoms with E-state index in [0.29, 0.717) is 12.8 Å². The Morgan fingerprint density at radius 1 is 1.36 bits per heavy atom. The van der Waals surface area contributed by atoms with Gasteiger partial charge >= 0.3 is 11.9 Å². The lowest BCUT2D eigenvalue weighted by Gasteiger charge is -2.05. The zero-order valence-corrected chi connectivity index (χ0v) is 14.6. The molecular weight excluding hydrogens is 324 g/mol. The van der Waals surface area contributed by atoms with Gasteiger partial charge in [-0.3, -0.25) is 14.4 Å². The number of allylic oxidation sites excluding steroid dienone is 1. The Bertz CT molecular complexity index is 492. The molecule has 0 saturated carbocycles. The molecule has 0 aromatic heterocycles. The van der Waals surface area contributed by atoms with Crippen LogP contribution >= 0.6 is 0 Å². The van der Waals surface area contributed by atoms with Crippen LogP contribution in [0.5, 0.6) is 0 Å². The van der Waals surface area contributed by atoms with Gasteiger partial charge in [0.05, 0.1) is 18.8 Å².